The van der Waals surface area contributed by atoms with Crippen LogP contribution in [0.25, 0.3) is 0 Å². The van der Waals surface area contributed by atoms with Gasteiger partial charge in [0.05, 0.1) is 17.7 Å². The predicted octanol–water partition coefficient (Wildman–Crippen LogP) is 3.39. The maximum Gasteiger partial charge on any atom is 0.294 e. The first-order chi connectivity index (χ1) is 13.7. The summed E-state index contributed by atoms with van der Waals surface area (Å²) in [6.45, 7) is 2.15. The third-order valence-corrected chi connectivity index (χ3v) is 7.68. The van der Waals surface area contributed by atoms with Crippen molar-refractivity contribution in [2.24, 2.45) is 17.3 Å². The summed E-state index contributed by atoms with van der Waals surface area (Å²) in [5.41, 5.74) is 1.31. The molecule has 0 aromatic heterocycles. The Bertz CT molecular complexity index is 896. The molecule has 3 atom stereocenters. The molecular formula is C21H23Cl2NO5. The number of aliphatic hydroxyl groups excluding tert-OH is 1. The van der Waals surface area contributed by atoms with Gasteiger partial charge in [0.25, 0.3) is 5.91 Å². The Morgan fingerprint density at radius 2 is 1.90 bits per heavy atom. The summed E-state index contributed by atoms with van der Waals surface area (Å²) in [6.07, 6.45) is 4.66. The van der Waals surface area contributed by atoms with Crippen molar-refractivity contribution in [3.8, 4) is 5.75 Å². The van der Waals surface area contributed by atoms with Gasteiger partial charge in [-0.2, -0.15) is 0 Å². The minimum Gasteiger partial charge on any atom is -0.492 e. The summed E-state index contributed by atoms with van der Waals surface area (Å²) in [4.78, 5) is 34.6. The number of benzene rings is 1. The average Bonchev–Trinajstić information content (AvgIpc) is 3.35. The first-order valence-corrected chi connectivity index (χ1v) is 10.7. The number of halogens is 2. The Morgan fingerprint density at radius 1 is 1.21 bits per heavy atom. The quantitative estimate of drug-likeness (QED) is 0.416. The molecule has 2 aliphatic carbocycles. The zero-order valence-electron chi connectivity index (χ0n) is 16.1. The zero-order chi connectivity index (χ0) is 20.9. The molecule has 2 amide bonds. The Balaban J connectivity index is 1.51. The standard InChI is InChI=1S/C21H23Cl2NO5/c1-21(11-4-2-3-5-11)9-10-8-13(15(22)16(23)14(10)18(21)26)29-7-6-12-17(25)20(28)24-19(12)27/h8,11-12,18,26H,2-7,9H2,1H3,(H,24,27,28). The number of carbonyl (C=O) groups is 3. The van der Waals surface area contributed by atoms with E-state index in [0.29, 0.717) is 28.7 Å². The molecule has 3 unspecified atom stereocenters. The van der Waals surface area contributed by atoms with Crippen LogP contribution in [-0.2, 0) is 20.8 Å². The monoisotopic (exact) mass is 439 g/mol. The molecule has 1 aromatic rings. The molecule has 3 aliphatic rings. The molecule has 0 spiro atoms. The number of ether oxygens (including phenoxy) is 1. The minimum atomic E-state index is -1.03. The number of ketones is 1. The van der Waals surface area contributed by atoms with E-state index < -0.39 is 29.6 Å². The van der Waals surface area contributed by atoms with Gasteiger partial charge < -0.3 is 9.84 Å². The summed E-state index contributed by atoms with van der Waals surface area (Å²) >= 11 is 12.9. The van der Waals surface area contributed by atoms with Crippen LogP contribution in [-0.4, -0.2) is 29.3 Å². The second-order valence-corrected chi connectivity index (χ2v) is 9.27. The van der Waals surface area contributed by atoms with Gasteiger partial charge >= 0.3 is 0 Å². The highest BCUT2D eigenvalue weighted by atomic mass is 35.5. The van der Waals surface area contributed by atoms with Crippen molar-refractivity contribution in [3.05, 3.63) is 27.2 Å². The molecule has 0 radical (unpaired) electrons. The fourth-order valence-electron chi connectivity index (χ4n) is 5.09. The van der Waals surface area contributed by atoms with Crippen molar-refractivity contribution in [3.63, 3.8) is 0 Å². The number of hydrogen-bond acceptors (Lipinski definition) is 5. The van der Waals surface area contributed by atoms with Crippen LogP contribution in [0.1, 0.15) is 56.3 Å². The van der Waals surface area contributed by atoms with Crippen molar-refractivity contribution < 1.29 is 24.2 Å². The second-order valence-electron chi connectivity index (χ2n) is 8.51. The summed E-state index contributed by atoms with van der Waals surface area (Å²) in [6, 6.07) is 1.80. The second kappa shape index (κ2) is 7.56. The molecule has 2 fully saturated rings. The third-order valence-electron chi connectivity index (χ3n) is 6.81. The predicted molar refractivity (Wildman–Crippen MR) is 107 cm³/mol. The van der Waals surface area contributed by atoms with Crippen LogP contribution >= 0.6 is 23.2 Å². The fourth-order valence-corrected chi connectivity index (χ4v) is 5.62. The Kier molecular flexibility index (Phi) is 5.38. The highest BCUT2D eigenvalue weighted by Crippen LogP contribution is 2.58. The van der Waals surface area contributed by atoms with Crippen molar-refractivity contribution in [1.29, 1.82) is 0 Å². The van der Waals surface area contributed by atoms with Gasteiger partial charge in [-0.3, -0.25) is 19.7 Å². The molecule has 156 valence electrons. The molecule has 1 heterocycles. The van der Waals surface area contributed by atoms with Crippen LogP contribution in [0.4, 0.5) is 0 Å². The molecule has 0 bridgehead atoms. The highest BCUT2D eigenvalue weighted by Gasteiger charge is 2.49. The molecule has 1 aromatic carbocycles. The number of nitrogens with one attached hydrogen (secondary N) is 1. The number of Topliss-reactive ketones (excluding diaryl/α,β-unsaturated/α-hetero) is 1. The largest absolute Gasteiger partial charge is 0.492 e. The van der Waals surface area contributed by atoms with E-state index in [1.807, 2.05) is 5.32 Å². The normalized spacial score (nSPS) is 29.4. The average molecular weight is 440 g/mol. The van der Waals surface area contributed by atoms with Crippen LogP contribution in [0.5, 0.6) is 5.75 Å². The van der Waals surface area contributed by atoms with Gasteiger partial charge in [0.15, 0.2) is 0 Å². The highest BCUT2D eigenvalue weighted by molar-refractivity contribution is 6.48. The van der Waals surface area contributed by atoms with Gasteiger partial charge in [0.2, 0.25) is 11.7 Å². The molecule has 8 heteroatoms. The zero-order valence-corrected chi connectivity index (χ0v) is 17.6. The van der Waals surface area contributed by atoms with Crippen molar-refractivity contribution >= 4 is 40.8 Å². The first-order valence-electron chi connectivity index (χ1n) is 9.94. The van der Waals surface area contributed by atoms with E-state index >= 15 is 0 Å². The Labute approximate surface area is 178 Å². The molecule has 6 nitrogen and oxygen atoms in total. The molecule has 29 heavy (non-hydrogen) atoms. The molecule has 1 saturated heterocycles. The van der Waals surface area contributed by atoms with E-state index in [4.69, 9.17) is 27.9 Å². The van der Waals surface area contributed by atoms with Gasteiger partial charge in [-0.25, -0.2) is 0 Å². The summed E-state index contributed by atoms with van der Waals surface area (Å²) < 4.78 is 5.72. The lowest BCUT2D eigenvalue weighted by molar-refractivity contribution is -0.136. The maximum absolute atomic E-state index is 11.7. The van der Waals surface area contributed by atoms with Crippen molar-refractivity contribution in [2.75, 3.05) is 6.61 Å². The SMILES string of the molecule is CC1(C2CCCC2)Cc2cc(OCCC3C(=O)NC(=O)C3=O)c(Cl)c(Cl)c2C1O. The van der Waals surface area contributed by atoms with Gasteiger partial charge in [-0.05, 0) is 36.8 Å². The van der Waals surface area contributed by atoms with Crippen molar-refractivity contribution in [2.45, 2.75) is 51.6 Å². The van der Waals surface area contributed by atoms with Gasteiger partial charge in [0, 0.05) is 17.4 Å². The van der Waals surface area contributed by atoms with E-state index in [9.17, 15) is 19.5 Å². The van der Waals surface area contributed by atoms with E-state index in [0.717, 1.165) is 18.4 Å². The lowest BCUT2D eigenvalue weighted by atomic mass is 9.72. The number of hydrogen-bond donors (Lipinski definition) is 2. The lowest BCUT2D eigenvalue weighted by Gasteiger charge is -2.35. The van der Waals surface area contributed by atoms with E-state index in [-0.39, 0.29) is 23.5 Å². The van der Waals surface area contributed by atoms with Crippen molar-refractivity contribution in [1.82, 2.24) is 5.32 Å². The molecule has 4 rings (SSSR count). The van der Waals surface area contributed by atoms with Crippen LogP contribution in [0, 0.1) is 17.3 Å². The number of imide groups is 1. The number of rotatable bonds is 5. The smallest absolute Gasteiger partial charge is 0.294 e. The van der Waals surface area contributed by atoms with Gasteiger partial charge in [0.1, 0.15) is 16.7 Å². The molecule has 1 aliphatic heterocycles. The van der Waals surface area contributed by atoms with Crippen LogP contribution in [0.15, 0.2) is 6.07 Å². The Morgan fingerprint density at radius 3 is 2.52 bits per heavy atom. The maximum atomic E-state index is 11.7. The summed E-state index contributed by atoms with van der Waals surface area (Å²) in [7, 11) is 0. The lowest BCUT2D eigenvalue weighted by Crippen LogP contribution is -2.30. The van der Waals surface area contributed by atoms with E-state index in [1.165, 1.54) is 12.8 Å². The van der Waals surface area contributed by atoms with Gasteiger partial charge in [-0.1, -0.05) is 43.0 Å². The molecule has 1 saturated carbocycles. The number of carbonyl (C=O) groups excluding carboxylic acids is 3. The van der Waals surface area contributed by atoms with Crippen LogP contribution in [0.3, 0.4) is 0 Å². The fraction of sp³-hybridized carbons (Fsp3) is 0.571. The van der Waals surface area contributed by atoms with Crippen LogP contribution in [0.2, 0.25) is 10.0 Å². The Hall–Kier alpha value is -1.63. The van der Waals surface area contributed by atoms with Crippen LogP contribution < -0.4 is 10.1 Å². The minimum absolute atomic E-state index is 0.0361. The molecule has 2 N–H and O–H groups in total. The third kappa shape index (κ3) is 3.35. The molecular weight excluding hydrogens is 417 g/mol. The van der Waals surface area contributed by atoms with Gasteiger partial charge in [-0.15, -0.1) is 0 Å². The number of aliphatic hydroxyl groups is 1. The number of amides is 2. The van der Waals surface area contributed by atoms with E-state index in [1.54, 1.807) is 6.07 Å². The topological polar surface area (TPSA) is 92.7 Å². The summed E-state index contributed by atoms with van der Waals surface area (Å²) in [5, 5.41) is 13.6. The number of fused-ring (bicyclic) bond motifs is 1. The summed E-state index contributed by atoms with van der Waals surface area (Å²) in [5.74, 6) is -2.45. The van der Waals surface area contributed by atoms with E-state index in [2.05, 4.69) is 6.92 Å². The first kappa shape index (κ1) is 20.6.